The minimum atomic E-state index is -0.130. The van der Waals surface area contributed by atoms with Crippen LogP contribution in [0.15, 0.2) is 0 Å². The molecule has 0 aromatic carbocycles. The molecule has 1 unspecified atom stereocenters. The summed E-state index contributed by atoms with van der Waals surface area (Å²) in [6, 6.07) is 0. The van der Waals surface area contributed by atoms with Crippen molar-refractivity contribution in [3.05, 3.63) is 0 Å². The molecule has 1 nitrogen and oxygen atoms in total. The van der Waals surface area contributed by atoms with Crippen molar-refractivity contribution in [3.8, 4) is 0 Å². The Balaban J connectivity index is -0.0000000353. The Morgan fingerprint density at radius 1 is 0.938 bits per heavy atom. The van der Waals surface area contributed by atoms with Crippen LogP contribution in [0.2, 0.25) is 0 Å². The maximum Gasteiger partial charge on any atom is 0.128 e. The van der Waals surface area contributed by atoms with Gasteiger partial charge in [-0.1, -0.05) is 11.6 Å². The van der Waals surface area contributed by atoms with Gasteiger partial charge in [0.15, 0.2) is 0 Å². The van der Waals surface area contributed by atoms with Crippen LogP contribution >= 0.6 is 37.3 Å². The molecule has 0 amide bonds. The molecule has 0 bridgehead atoms. The van der Waals surface area contributed by atoms with Crippen molar-refractivity contribution < 1.29 is 25.8 Å². The van der Waals surface area contributed by atoms with Crippen LogP contribution in [0, 0.1) is 0 Å². The molecule has 0 rings (SSSR count). The Morgan fingerprint density at radius 2 is 1.12 bits per heavy atom. The van der Waals surface area contributed by atoms with Gasteiger partial charge in [0.1, 0.15) is 5.56 Å². The van der Waals surface area contributed by atoms with Gasteiger partial charge in [0, 0.05) is 27.7 Å². The Kier molecular flexibility index (Phi) is 83.8. The summed E-state index contributed by atoms with van der Waals surface area (Å²) in [5, 5.41) is 0. The van der Waals surface area contributed by atoms with Crippen molar-refractivity contribution in [2.75, 3.05) is 46.6 Å². The van der Waals surface area contributed by atoms with Crippen molar-refractivity contribution in [1.29, 1.82) is 0 Å². The Labute approximate surface area is 129 Å². The zero-order chi connectivity index (χ0) is 13.1. The summed E-state index contributed by atoms with van der Waals surface area (Å²) in [7, 11) is 3.25. The van der Waals surface area contributed by atoms with E-state index < -0.39 is 0 Å². The second kappa shape index (κ2) is 43.4. The third-order valence-corrected chi connectivity index (χ3v) is 0.522. The van der Waals surface area contributed by atoms with Gasteiger partial charge in [0.05, 0.1) is 0 Å². The fourth-order valence-electron chi connectivity index (χ4n) is 0.230. The van der Waals surface area contributed by atoms with E-state index in [9.17, 15) is 0 Å². The van der Waals surface area contributed by atoms with Crippen LogP contribution in [0.3, 0.4) is 0 Å². The molecule has 104 valence electrons. The van der Waals surface area contributed by atoms with Gasteiger partial charge < -0.3 is 4.74 Å². The average molecular weight is 479 g/mol. The van der Waals surface area contributed by atoms with E-state index in [0.29, 0.717) is 6.61 Å². The maximum absolute atomic E-state index is 5.36. The summed E-state index contributed by atoms with van der Waals surface area (Å²) in [4.78, 5) is 0. The number of rotatable bonds is 2. The van der Waals surface area contributed by atoms with Crippen molar-refractivity contribution in [2.24, 2.45) is 0 Å². The van der Waals surface area contributed by atoms with Crippen LogP contribution < -0.4 is 0 Å². The van der Waals surface area contributed by atoms with Gasteiger partial charge in [0.25, 0.3) is 0 Å². The van der Waals surface area contributed by atoms with Crippen molar-refractivity contribution in [2.45, 2.75) is 19.4 Å². The monoisotopic (exact) mass is 478 g/mol. The van der Waals surface area contributed by atoms with E-state index in [1.54, 1.807) is 6.92 Å². The van der Waals surface area contributed by atoms with Crippen LogP contribution in [-0.2, 0) is 25.8 Å². The topological polar surface area (TPSA) is 9.23 Å². The molecule has 0 aliphatic rings. The number of halogens is 1. The molecule has 0 saturated heterocycles. The molecule has 0 spiro atoms. The normalized spacial score (nSPS) is 8.81. The van der Waals surface area contributed by atoms with E-state index in [0.717, 1.165) is 25.7 Å². The van der Waals surface area contributed by atoms with Gasteiger partial charge in [-0.15, -0.1) is 25.7 Å². The van der Waals surface area contributed by atoms with Gasteiger partial charge >= 0.3 is 0 Å². The number of hydrogen-bond acceptors (Lipinski definition) is 1. The van der Waals surface area contributed by atoms with E-state index in [-0.39, 0.29) is 26.6 Å². The summed E-state index contributed by atoms with van der Waals surface area (Å²) < 4.78 is 4.81. The minimum absolute atomic E-state index is 0. The third kappa shape index (κ3) is 138. The molecule has 0 aromatic rings. The standard InChI is InChI=1S/C4H9ClO.3C2H7P.W/c1-3-6-4(2)5;3*1-3-2;/h4H,3H2,1-2H3;3*3H,1-2H3;. The second-order valence-corrected chi connectivity index (χ2v) is 6.11. The molecule has 6 heteroatoms. The van der Waals surface area contributed by atoms with E-state index in [2.05, 4.69) is 40.0 Å². The second-order valence-electron chi connectivity index (χ2n) is 2.50. The molecule has 0 aliphatic heterocycles. The van der Waals surface area contributed by atoms with Gasteiger partial charge in [0.2, 0.25) is 0 Å². The van der Waals surface area contributed by atoms with Crippen LogP contribution in [0.4, 0.5) is 0 Å². The summed E-state index contributed by atoms with van der Waals surface area (Å²) in [6.45, 7) is 17.3. The van der Waals surface area contributed by atoms with E-state index >= 15 is 0 Å². The minimum Gasteiger partial charge on any atom is -0.363 e. The zero-order valence-electron chi connectivity index (χ0n) is 12.0. The number of ether oxygens (including phenoxy) is 1. The molecule has 16 heavy (non-hydrogen) atoms. The van der Waals surface area contributed by atoms with Gasteiger partial charge in [-0.2, -0.15) is 0 Å². The maximum atomic E-state index is 5.36. The van der Waals surface area contributed by atoms with Crippen LogP contribution in [0.25, 0.3) is 0 Å². The van der Waals surface area contributed by atoms with Gasteiger partial charge in [-0.3, -0.25) is 0 Å². The number of alkyl halides is 1. The van der Waals surface area contributed by atoms with Crippen LogP contribution in [0.5, 0.6) is 0 Å². The first-order chi connectivity index (χ1) is 7.01. The largest absolute Gasteiger partial charge is 0.363 e. The molecule has 0 heterocycles. The molecule has 0 aromatic heterocycles. The first-order valence-electron chi connectivity index (χ1n) is 5.03. The first-order valence-corrected chi connectivity index (χ1v) is 11.5. The third-order valence-electron chi connectivity index (χ3n) is 0.396. The predicted octanol–water partition coefficient (Wildman–Crippen LogP) is 4.38. The fraction of sp³-hybridized carbons (Fsp3) is 1.00. The summed E-state index contributed by atoms with van der Waals surface area (Å²) in [6.07, 6.45) is 0. The fourth-order valence-corrected chi connectivity index (χ4v) is 0.356. The first kappa shape index (κ1) is 30.9. The zero-order valence-corrected chi connectivity index (χ0v) is 18.7. The molecule has 0 N–H and O–H groups in total. The van der Waals surface area contributed by atoms with Gasteiger partial charge in [-0.25, -0.2) is 0 Å². The molecule has 0 fully saturated rings. The molecule has 0 radical (unpaired) electrons. The van der Waals surface area contributed by atoms with Crippen LogP contribution in [0.1, 0.15) is 13.8 Å². The molecular formula is C10H30ClOP3W. The number of hydrogen-bond donors (Lipinski definition) is 0. The summed E-state index contributed by atoms with van der Waals surface area (Å²) >= 11 is 5.36. The average Bonchev–Trinajstić information content (AvgIpc) is 2.07. The smallest absolute Gasteiger partial charge is 0.128 e. The van der Waals surface area contributed by atoms with Crippen LogP contribution in [-0.4, -0.2) is 52.2 Å². The molecule has 0 aliphatic carbocycles. The van der Waals surface area contributed by atoms with E-state index in [1.807, 2.05) is 6.92 Å². The molecule has 1 atom stereocenters. The van der Waals surface area contributed by atoms with Crippen molar-refractivity contribution >= 4 is 37.3 Å². The Hall–Kier alpha value is 2.23. The quantitative estimate of drug-likeness (QED) is 0.423. The SMILES string of the molecule is CCOC(C)Cl.CPC.CPC.CPC.[W]. The summed E-state index contributed by atoms with van der Waals surface area (Å²) in [5.74, 6) is 0. The van der Waals surface area contributed by atoms with Gasteiger partial charge in [-0.05, 0) is 53.8 Å². The van der Waals surface area contributed by atoms with E-state index in [1.165, 1.54) is 0 Å². The predicted molar refractivity (Wildman–Crippen MR) is 87.4 cm³/mol. The van der Waals surface area contributed by atoms with E-state index in [4.69, 9.17) is 16.3 Å². The summed E-state index contributed by atoms with van der Waals surface area (Å²) in [5.41, 5.74) is -0.130. The Bertz CT molecular complexity index is 67.3. The van der Waals surface area contributed by atoms with Crippen molar-refractivity contribution in [3.63, 3.8) is 0 Å². The Morgan fingerprint density at radius 3 is 1.12 bits per heavy atom. The van der Waals surface area contributed by atoms with Crippen molar-refractivity contribution in [1.82, 2.24) is 0 Å². The molecular weight excluding hydrogens is 448 g/mol. The molecule has 0 saturated carbocycles.